The summed E-state index contributed by atoms with van der Waals surface area (Å²) in [6.45, 7) is 0.221. The van der Waals surface area contributed by atoms with Gasteiger partial charge in [-0.15, -0.1) is 0 Å². The number of likely N-dealkylation sites (N-methyl/N-ethyl adjacent to an activating group) is 1. The molecule has 0 saturated heterocycles. The lowest BCUT2D eigenvalue weighted by Crippen LogP contribution is -2.42. The fraction of sp³-hybridized carbons (Fsp3) is 0.417. The molecule has 0 bridgehead atoms. The van der Waals surface area contributed by atoms with Crippen molar-refractivity contribution in [3.05, 3.63) is 18.2 Å². The Morgan fingerprint density at radius 2 is 2.17 bits per heavy atom. The first-order valence-electron chi connectivity index (χ1n) is 5.38. The molecule has 0 aromatic heterocycles. The molecule has 1 aromatic carbocycles. The maximum atomic E-state index is 11.4. The van der Waals surface area contributed by atoms with Crippen LogP contribution < -0.4 is 19.5 Å². The molecule has 5 nitrogen and oxygen atoms in total. The van der Waals surface area contributed by atoms with Crippen LogP contribution in [-0.4, -0.2) is 39.0 Å². The monoisotopic (exact) mass is 271 g/mol. The second-order valence-electron chi connectivity index (χ2n) is 3.34. The lowest BCUT2D eigenvalue weighted by atomic mass is 10.2. The Morgan fingerprint density at radius 3 is 2.78 bits per heavy atom. The summed E-state index contributed by atoms with van der Waals surface area (Å²) in [5.41, 5.74) is 0. The molecule has 0 saturated carbocycles. The number of rotatable bonds is 2. The third-order valence-corrected chi connectivity index (χ3v) is 2.35. The van der Waals surface area contributed by atoms with Gasteiger partial charge >= 0.3 is 0 Å². The molecular formula is C12H17NO4S. The van der Waals surface area contributed by atoms with Gasteiger partial charge in [-0.25, -0.2) is 0 Å². The second-order valence-corrected chi connectivity index (χ2v) is 3.34. The van der Waals surface area contributed by atoms with Gasteiger partial charge in [0.05, 0.1) is 7.11 Å². The molecule has 1 amide bonds. The van der Waals surface area contributed by atoms with E-state index in [1.54, 1.807) is 38.6 Å². The van der Waals surface area contributed by atoms with Crippen LogP contribution in [0.4, 0.5) is 0 Å². The van der Waals surface area contributed by atoms with Gasteiger partial charge in [0.15, 0.2) is 11.5 Å². The van der Waals surface area contributed by atoms with E-state index in [1.807, 2.05) is 0 Å². The number of amides is 1. The molecule has 1 aromatic rings. The van der Waals surface area contributed by atoms with E-state index in [0.29, 0.717) is 17.2 Å². The van der Waals surface area contributed by atoms with E-state index in [1.165, 1.54) is 0 Å². The number of thiol groups is 1. The Labute approximate surface area is 112 Å². The van der Waals surface area contributed by atoms with Gasteiger partial charge in [0, 0.05) is 13.1 Å². The number of carbonyl (C=O) groups is 1. The minimum absolute atomic E-state index is 0.200. The fourth-order valence-electron chi connectivity index (χ4n) is 1.47. The van der Waals surface area contributed by atoms with E-state index in [-0.39, 0.29) is 12.5 Å². The van der Waals surface area contributed by atoms with Gasteiger partial charge in [0.25, 0.3) is 5.91 Å². The van der Waals surface area contributed by atoms with E-state index in [0.717, 1.165) is 0 Å². The van der Waals surface area contributed by atoms with Gasteiger partial charge < -0.3 is 19.5 Å². The highest BCUT2D eigenvalue weighted by Gasteiger charge is 2.26. The molecule has 1 heterocycles. The number of ether oxygens (including phenoxy) is 3. The number of hydrogen-bond acceptors (Lipinski definition) is 5. The molecular weight excluding hydrogens is 254 g/mol. The molecule has 100 valence electrons. The van der Waals surface area contributed by atoms with Gasteiger partial charge in [0.2, 0.25) is 6.10 Å². The number of fused-ring (bicyclic) bond motifs is 1. The molecule has 1 atom stereocenters. The van der Waals surface area contributed by atoms with Crippen molar-refractivity contribution < 1.29 is 19.0 Å². The zero-order chi connectivity index (χ0) is 13.5. The van der Waals surface area contributed by atoms with E-state index >= 15 is 0 Å². The molecule has 1 aliphatic rings. The Hall–Kier alpha value is -1.56. The van der Waals surface area contributed by atoms with Crippen molar-refractivity contribution in [2.24, 2.45) is 0 Å². The third kappa shape index (κ3) is 3.22. The highest BCUT2D eigenvalue weighted by Crippen LogP contribution is 2.34. The van der Waals surface area contributed by atoms with Gasteiger partial charge in [-0.3, -0.25) is 4.79 Å². The van der Waals surface area contributed by atoms with Crippen molar-refractivity contribution in [2.75, 3.05) is 27.0 Å². The lowest BCUT2D eigenvalue weighted by Gasteiger charge is -2.25. The summed E-state index contributed by atoms with van der Waals surface area (Å²) in [6.07, 6.45) is 1.09. The van der Waals surface area contributed by atoms with Crippen molar-refractivity contribution in [2.45, 2.75) is 6.10 Å². The van der Waals surface area contributed by atoms with Crippen LogP contribution in [-0.2, 0) is 4.79 Å². The Balaban J connectivity index is 0.000000771. The number of hydrogen-bond donors (Lipinski definition) is 2. The predicted molar refractivity (Wildman–Crippen MR) is 71.9 cm³/mol. The van der Waals surface area contributed by atoms with E-state index in [4.69, 9.17) is 14.2 Å². The van der Waals surface area contributed by atoms with E-state index in [2.05, 4.69) is 17.9 Å². The first-order valence-corrected chi connectivity index (χ1v) is 6.28. The van der Waals surface area contributed by atoms with Crippen LogP contribution in [0.15, 0.2) is 18.2 Å². The maximum absolute atomic E-state index is 11.4. The normalized spacial score (nSPS) is 16.1. The van der Waals surface area contributed by atoms with Gasteiger partial charge in [-0.1, -0.05) is 0 Å². The van der Waals surface area contributed by atoms with Gasteiger partial charge in [-0.2, -0.15) is 12.6 Å². The first-order chi connectivity index (χ1) is 8.74. The molecule has 0 radical (unpaired) electrons. The van der Waals surface area contributed by atoms with Crippen LogP contribution in [0, 0.1) is 0 Å². The molecule has 0 aliphatic carbocycles. The summed E-state index contributed by atoms with van der Waals surface area (Å²) in [4.78, 5) is 11.4. The topological polar surface area (TPSA) is 56.8 Å². The molecule has 0 spiro atoms. The highest BCUT2D eigenvalue weighted by molar-refractivity contribution is 7.79. The van der Waals surface area contributed by atoms with Gasteiger partial charge in [0.1, 0.15) is 12.4 Å². The molecule has 18 heavy (non-hydrogen) atoms. The average molecular weight is 271 g/mol. The molecule has 0 fully saturated rings. The maximum Gasteiger partial charge on any atom is 0.264 e. The summed E-state index contributed by atoms with van der Waals surface area (Å²) in [6, 6.07) is 5.24. The number of carbonyl (C=O) groups excluding carboxylic acids is 1. The number of nitrogens with one attached hydrogen (secondary N) is 1. The lowest BCUT2D eigenvalue weighted by molar-refractivity contribution is -0.129. The van der Waals surface area contributed by atoms with Crippen LogP contribution in [0.3, 0.4) is 0 Å². The predicted octanol–water partition coefficient (Wildman–Crippen LogP) is 1.13. The van der Waals surface area contributed by atoms with Crippen LogP contribution in [0.5, 0.6) is 17.2 Å². The van der Waals surface area contributed by atoms with Crippen molar-refractivity contribution in [1.29, 1.82) is 0 Å². The third-order valence-electron chi connectivity index (χ3n) is 2.35. The van der Waals surface area contributed by atoms with Crippen LogP contribution in [0.1, 0.15) is 0 Å². The quantitative estimate of drug-likeness (QED) is 0.792. The molecule has 1 unspecified atom stereocenters. The summed E-state index contributed by atoms with van der Waals surface area (Å²) in [5, 5.41) is 2.52. The summed E-state index contributed by atoms with van der Waals surface area (Å²) >= 11 is 3.53. The van der Waals surface area contributed by atoms with Crippen molar-refractivity contribution in [3.8, 4) is 17.2 Å². The average Bonchev–Trinajstić information content (AvgIpc) is 2.47. The summed E-state index contributed by atoms with van der Waals surface area (Å²) in [5.74, 6) is 1.62. The first kappa shape index (κ1) is 14.5. The smallest absolute Gasteiger partial charge is 0.264 e. The molecule has 2 rings (SSSR count). The van der Waals surface area contributed by atoms with Crippen LogP contribution in [0.2, 0.25) is 0 Å². The summed E-state index contributed by atoms with van der Waals surface area (Å²) < 4.78 is 16.0. The highest BCUT2D eigenvalue weighted by atomic mass is 32.1. The van der Waals surface area contributed by atoms with Gasteiger partial charge in [-0.05, 0) is 18.4 Å². The van der Waals surface area contributed by atoms with E-state index in [9.17, 15) is 4.79 Å². The molecule has 1 aliphatic heterocycles. The standard InChI is InChI=1S/C11H13NO4.CH4S/c1-12-11(13)10-6-15-8-4-3-7(14-2)5-9(8)16-10;1-2/h3-5,10H,6H2,1-2H3,(H,12,13);2H,1H3. The SMILES string of the molecule is CNC(=O)C1COc2ccc(OC)cc2O1.CS. The zero-order valence-electron chi connectivity index (χ0n) is 10.6. The largest absolute Gasteiger partial charge is 0.497 e. The fourth-order valence-corrected chi connectivity index (χ4v) is 1.47. The van der Waals surface area contributed by atoms with Crippen molar-refractivity contribution in [3.63, 3.8) is 0 Å². The molecule has 6 heteroatoms. The Morgan fingerprint density at radius 1 is 1.44 bits per heavy atom. The Bertz CT molecular complexity index is 411. The second kappa shape index (κ2) is 7.00. The van der Waals surface area contributed by atoms with Crippen molar-refractivity contribution >= 4 is 18.5 Å². The number of methoxy groups -OCH3 is 1. The summed E-state index contributed by atoms with van der Waals surface area (Å²) in [7, 11) is 3.13. The number of benzene rings is 1. The minimum Gasteiger partial charge on any atom is -0.497 e. The van der Waals surface area contributed by atoms with Crippen LogP contribution >= 0.6 is 12.6 Å². The van der Waals surface area contributed by atoms with Crippen molar-refractivity contribution in [1.82, 2.24) is 5.32 Å². The minimum atomic E-state index is -0.607. The van der Waals surface area contributed by atoms with E-state index < -0.39 is 6.10 Å². The molecule has 1 N–H and O–H groups in total. The Kier molecular flexibility index (Phi) is 5.64. The van der Waals surface area contributed by atoms with Crippen LogP contribution in [0.25, 0.3) is 0 Å². The zero-order valence-corrected chi connectivity index (χ0v) is 11.5.